The van der Waals surface area contributed by atoms with Gasteiger partial charge < -0.3 is 15.5 Å². The van der Waals surface area contributed by atoms with E-state index in [2.05, 4.69) is 29.5 Å². The van der Waals surface area contributed by atoms with Crippen LogP contribution < -0.4 is 10.6 Å². The third-order valence-electron chi connectivity index (χ3n) is 4.51. The zero-order chi connectivity index (χ0) is 15.7. The normalized spacial score (nSPS) is 21.2. The summed E-state index contributed by atoms with van der Waals surface area (Å²) in [5, 5.41) is 8.77. The molecule has 7 heteroatoms. The molecular weight excluding hydrogens is 300 g/mol. The van der Waals surface area contributed by atoms with Crippen LogP contribution in [0.4, 0.5) is 0 Å². The van der Waals surface area contributed by atoms with E-state index in [-0.39, 0.29) is 11.8 Å². The second kappa shape index (κ2) is 5.96. The summed E-state index contributed by atoms with van der Waals surface area (Å²) < 4.78 is 0. The highest BCUT2D eigenvalue weighted by molar-refractivity contribution is 7.11. The van der Waals surface area contributed by atoms with Crippen molar-refractivity contribution < 1.29 is 9.59 Å². The van der Waals surface area contributed by atoms with Crippen molar-refractivity contribution in [3.63, 3.8) is 0 Å². The van der Waals surface area contributed by atoms with Gasteiger partial charge in [0.15, 0.2) is 5.01 Å². The Balaban J connectivity index is 1.65. The smallest absolute Gasteiger partial charge is 0.282 e. The molecule has 1 aromatic heterocycles. The number of nitrogens with zero attached hydrogens (tertiary/aromatic N) is 2. The van der Waals surface area contributed by atoms with Crippen LogP contribution >= 0.6 is 11.3 Å². The first-order chi connectivity index (χ1) is 10.5. The molecule has 2 aliphatic heterocycles. The molecule has 1 aromatic rings. The fraction of sp³-hybridized carbons (Fsp3) is 0.667. The maximum atomic E-state index is 12.5. The van der Waals surface area contributed by atoms with Gasteiger partial charge in [0.25, 0.3) is 5.91 Å². The predicted octanol–water partition coefficient (Wildman–Crippen LogP) is 0.961. The second-order valence-corrected chi connectivity index (χ2v) is 7.15. The van der Waals surface area contributed by atoms with Crippen molar-refractivity contribution in [3.05, 3.63) is 16.1 Å². The van der Waals surface area contributed by atoms with E-state index in [4.69, 9.17) is 0 Å². The summed E-state index contributed by atoms with van der Waals surface area (Å²) in [7, 11) is 0. The molecule has 2 aliphatic rings. The van der Waals surface area contributed by atoms with Crippen molar-refractivity contribution in [1.29, 1.82) is 0 Å². The van der Waals surface area contributed by atoms with Gasteiger partial charge in [-0.1, -0.05) is 13.8 Å². The maximum Gasteiger partial charge on any atom is 0.282 e. The summed E-state index contributed by atoms with van der Waals surface area (Å²) in [4.78, 5) is 30.9. The van der Waals surface area contributed by atoms with Gasteiger partial charge in [0, 0.05) is 31.6 Å². The second-order valence-electron chi connectivity index (χ2n) is 6.29. The first kappa shape index (κ1) is 15.4. The van der Waals surface area contributed by atoms with E-state index >= 15 is 0 Å². The molecule has 120 valence electrons. The van der Waals surface area contributed by atoms with Gasteiger partial charge in [-0.3, -0.25) is 9.59 Å². The topological polar surface area (TPSA) is 74.3 Å². The Morgan fingerprint density at radius 2 is 2.09 bits per heavy atom. The van der Waals surface area contributed by atoms with Gasteiger partial charge in [0.05, 0.1) is 5.69 Å². The molecule has 2 saturated heterocycles. The lowest BCUT2D eigenvalue weighted by molar-refractivity contribution is -0.131. The van der Waals surface area contributed by atoms with Crippen LogP contribution in [0.15, 0.2) is 5.38 Å². The molecule has 3 rings (SSSR count). The van der Waals surface area contributed by atoms with Crippen LogP contribution in [0, 0.1) is 0 Å². The zero-order valence-corrected chi connectivity index (χ0v) is 13.8. The minimum atomic E-state index is -0.485. The third-order valence-corrected chi connectivity index (χ3v) is 5.36. The van der Waals surface area contributed by atoms with Crippen LogP contribution in [0.3, 0.4) is 0 Å². The fourth-order valence-corrected chi connectivity index (χ4v) is 3.95. The minimum absolute atomic E-state index is 0.0111. The highest BCUT2D eigenvalue weighted by atomic mass is 32.1. The molecule has 3 heterocycles. The average Bonchev–Trinajstić information content (AvgIpc) is 3.01. The van der Waals surface area contributed by atoms with Crippen LogP contribution in [-0.4, -0.2) is 53.4 Å². The Kier molecular flexibility index (Phi) is 4.18. The van der Waals surface area contributed by atoms with Crippen molar-refractivity contribution in [2.75, 3.05) is 26.2 Å². The van der Waals surface area contributed by atoms with Crippen LogP contribution in [0.2, 0.25) is 0 Å². The molecule has 2 fully saturated rings. The first-order valence-electron chi connectivity index (χ1n) is 7.80. The van der Waals surface area contributed by atoms with Gasteiger partial charge in [-0.15, -0.1) is 11.3 Å². The summed E-state index contributed by atoms with van der Waals surface area (Å²) in [6.07, 6.45) is 1.32. The summed E-state index contributed by atoms with van der Waals surface area (Å²) in [6, 6.07) is 0. The van der Waals surface area contributed by atoms with Crippen molar-refractivity contribution in [2.24, 2.45) is 0 Å². The molecule has 0 radical (unpaired) electrons. The van der Waals surface area contributed by atoms with Gasteiger partial charge in [0.2, 0.25) is 5.91 Å². The number of rotatable bonds is 2. The number of carbonyl (C=O) groups is 2. The van der Waals surface area contributed by atoms with Crippen molar-refractivity contribution in [3.8, 4) is 0 Å². The Morgan fingerprint density at radius 3 is 2.68 bits per heavy atom. The first-order valence-corrected chi connectivity index (χ1v) is 8.68. The van der Waals surface area contributed by atoms with Crippen molar-refractivity contribution >= 4 is 23.2 Å². The Bertz CT molecular complexity index is 576. The number of piperidine rings is 1. The van der Waals surface area contributed by atoms with E-state index in [1.54, 1.807) is 0 Å². The molecule has 2 amide bonds. The number of carbonyl (C=O) groups excluding carboxylic acids is 2. The number of amides is 2. The fourth-order valence-electron chi connectivity index (χ4n) is 3.01. The van der Waals surface area contributed by atoms with Gasteiger partial charge in [-0.05, 0) is 18.8 Å². The lowest BCUT2D eigenvalue weighted by Crippen LogP contribution is -2.66. The highest BCUT2D eigenvalue weighted by Gasteiger charge is 2.43. The summed E-state index contributed by atoms with van der Waals surface area (Å²) in [6.45, 7) is 6.80. The molecule has 2 N–H and O–H groups in total. The Morgan fingerprint density at radius 1 is 1.36 bits per heavy atom. The van der Waals surface area contributed by atoms with E-state index in [9.17, 15) is 9.59 Å². The lowest BCUT2D eigenvalue weighted by atomic mass is 9.85. The number of hydrogen-bond acceptors (Lipinski definition) is 5. The number of nitrogens with one attached hydrogen (secondary N) is 2. The van der Waals surface area contributed by atoms with Gasteiger partial charge in [-0.25, -0.2) is 4.98 Å². The number of thiazole rings is 1. The van der Waals surface area contributed by atoms with Crippen LogP contribution in [0.5, 0.6) is 0 Å². The van der Waals surface area contributed by atoms with Gasteiger partial charge in [0.1, 0.15) is 5.54 Å². The number of aromatic nitrogens is 1. The Hall–Kier alpha value is -1.47. The molecule has 0 aromatic carbocycles. The van der Waals surface area contributed by atoms with E-state index in [1.165, 1.54) is 11.3 Å². The van der Waals surface area contributed by atoms with Crippen molar-refractivity contribution in [1.82, 2.24) is 20.5 Å². The van der Waals surface area contributed by atoms with Gasteiger partial charge in [-0.2, -0.15) is 0 Å². The molecule has 0 saturated carbocycles. The largest absolute Gasteiger partial charge is 0.353 e. The average molecular weight is 322 g/mol. The monoisotopic (exact) mass is 322 g/mol. The molecule has 0 bridgehead atoms. The predicted molar refractivity (Wildman–Crippen MR) is 85.1 cm³/mol. The molecule has 6 nitrogen and oxygen atoms in total. The van der Waals surface area contributed by atoms with Crippen LogP contribution in [0.1, 0.15) is 48.1 Å². The summed E-state index contributed by atoms with van der Waals surface area (Å²) in [5.74, 6) is 0.391. The lowest BCUT2D eigenvalue weighted by Gasteiger charge is -2.43. The molecular formula is C15H22N4O2S. The maximum absolute atomic E-state index is 12.5. The van der Waals surface area contributed by atoms with Crippen LogP contribution in [0.25, 0.3) is 0 Å². The summed E-state index contributed by atoms with van der Waals surface area (Å²) >= 11 is 1.41. The third kappa shape index (κ3) is 2.75. The quantitative estimate of drug-likeness (QED) is 0.850. The minimum Gasteiger partial charge on any atom is -0.353 e. The van der Waals surface area contributed by atoms with Crippen LogP contribution in [-0.2, 0) is 4.79 Å². The molecule has 0 unspecified atom stereocenters. The molecule has 22 heavy (non-hydrogen) atoms. The van der Waals surface area contributed by atoms with Crippen molar-refractivity contribution in [2.45, 2.75) is 38.1 Å². The number of hydrogen-bond donors (Lipinski definition) is 2. The highest BCUT2D eigenvalue weighted by Crippen LogP contribution is 2.26. The van der Waals surface area contributed by atoms with E-state index in [0.717, 1.165) is 12.2 Å². The van der Waals surface area contributed by atoms with Gasteiger partial charge >= 0.3 is 0 Å². The molecule has 0 aliphatic carbocycles. The summed E-state index contributed by atoms with van der Waals surface area (Å²) in [5.41, 5.74) is 0.483. The standard InChI is InChI=1S/C15H22N4O2S/c1-10(2)11-9-22-12(18-11)13(20)19-7-3-15(4-8-19)14(21)16-5-6-17-15/h9-10,17H,3-8H2,1-2H3,(H,16,21). The van der Waals surface area contributed by atoms with E-state index < -0.39 is 5.54 Å². The van der Waals surface area contributed by atoms with E-state index in [0.29, 0.717) is 43.4 Å². The van der Waals surface area contributed by atoms with E-state index in [1.807, 2.05) is 10.3 Å². The molecule has 0 atom stereocenters. The SMILES string of the molecule is CC(C)c1csc(C(=O)N2CCC3(CC2)NCCNC3=O)n1. The molecule has 1 spiro atoms. The zero-order valence-electron chi connectivity index (χ0n) is 13.0. The number of piperazine rings is 1. The number of likely N-dealkylation sites (tertiary alicyclic amines) is 1. The Labute approximate surface area is 134 Å².